The van der Waals surface area contributed by atoms with Crippen molar-refractivity contribution < 1.29 is 10.2 Å². The molecule has 1 fully saturated rings. The smallest absolute Gasteiger partial charge is 0.0741 e. The molecule has 1 aliphatic rings. The Balaban J connectivity index is 2.22. The number of hydrogen-bond donors (Lipinski definition) is 2. The molecule has 0 amide bonds. The van der Waals surface area contributed by atoms with Crippen molar-refractivity contribution in [3.05, 3.63) is 28.2 Å². The van der Waals surface area contributed by atoms with Gasteiger partial charge in [0.2, 0.25) is 0 Å². The summed E-state index contributed by atoms with van der Waals surface area (Å²) in [7, 11) is 0. The third kappa shape index (κ3) is 2.81. The molecule has 0 bridgehead atoms. The summed E-state index contributed by atoms with van der Waals surface area (Å²) in [5, 5.41) is 19.3. The van der Waals surface area contributed by atoms with Crippen molar-refractivity contribution in [1.82, 2.24) is 0 Å². The Morgan fingerprint density at radius 3 is 2.88 bits per heavy atom. The van der Waals surface area contributed by atoms with E-state index in [4.69, 9.17) is 0 Å². The lowest BCUT2D eigenvalue weighted by Crippen LogP contribution is -2.43. The van der Waals surface area contributed by atoms with Gasteiger partial charge >= 0.3 is 0 Å². The number of anilines is 1. The summed E-state index contributed by atoms with van der Waals surface area (Å²) >= 11 is 3.40. The Hall–Kier alpha value is -0.580. The molecule has 0 radical (unpaired) electrons. The van der Waals surface area contributed by atoms with Gasteiger partial charge in [0.15, 0.2) is 0 Å². The Bertz CT molecular complexity index is 397. The first kappa shape index (κ1) is 12.9. The average molecular weight is 300 g/mol. The summed E-state index contributed by atoms with van der Waals surface area (Å²) in [6.07, 6.45) is 0.709. The van der Waals surface area contributed by atoms with E-state index >= 15 is 0 Å². The van der Waals surface area contributed by atoms with Crippen molar-refractivity contribution in [2.45, 2.75) is 26.1 Å². The first-order chi connectivity index (χ1) is 8.11. The molecular formula is C13H18BrNO2. The van der Waals surface area contributed by atoms with Gasteiger partial charge in [0.05, 0.1) is 12.7 Å². The van der Waals surface area contributed by atoms with Gasteiger partial charge in [-0.05, 0) is 30.5 Å². The number of rotatable bonds is 2. The fourth-order valence-electron chi connectivity index (χ4n) is 2.26. The molecule has 1 aromatic carbocycles. The molecule has 1 heterocycles. The van der Waals surface area contributed by atoms with E-state index in [0.29, 0.717) is 12.5 Å². The summed E-state index contributed by atoms with van der Waals surface area (Å²) < 4.78 is 0.969. The maximum Gasteiger partial charge on any atom is 0.0741 e. The van der Waals surface area contributed by atoms with E-state index in [1.807, 2.05) is 18.2 Å². The predicted octanol–water partition coefficient (Wildman–Crippen LogP) is 2.15. The van der Waals surface area contributed by atoms with Crippen LogP contribution in [0, 0.1) is 5.92 Å². The molecule has 0 aliphatic carbocycles. The van der Waals surface area contributed by atoms with E-state index in [2.05, 4.69) is 27.8 Å². The molecule has 2 unspecified atom stereocenters. The van der Waals surface area contributed by atoms with Crippen LogP contribution in [-0.2, 0) is 6.61 Å². The molecule has 94 valence electrons. The van der Waals surface area contributed by atoms with Gasteiger partial charge in [-0.1, -0.05) is 22.9 Å². The highest BCUT2D eigenvalue weighted by atomic mass is 79.9. The second kappa shape index (κ2) is 5.38. The number of halogens is 1. The monoisotopic (exact) mass is 299 g/mol. The molecule has 1 aliphatic heterocycles. The van der Waals surface area contributed by atoms with Gasteiger partial charge in [-0.3, -0.25) is 0 Å². The van der Waals surface area contributed by atoms with Crippen molar-refractivity contribution in [2.24, 2.45) is 5.92 Å². The quantitative estimate of drug-likeness (QED) is 0.879. The second-order valence-corrected chi connectivity index (χ2v) is 5.63. The van der Waals surface area contributed by atoms with Gasteiger partial charge in [0, 0.05) is 28.8 Å². The number of hydrogen-bond acceptors (Lipinski definition) is 3. The van der Waals surface area contributed by atoms with Crippen molar-refractivity contribution in [2.75, 3.05) is 18.0 Å². The molecule has 1 saturated heterocycles. The molecule has 2 atom stereocenters. The summed E-state index contributed by atoms with van der Waals surface area (Å²) in [5.74, 6) is 0.360. The normalized spacial score (nSPS) is 25.1. The van der Waals surface area contributed by atoms with E-state index in [9.17, 15) is 10.2 Å². The van der Waals surface area contributed by atoms with E-state index in [1.165, 1.54) is 0 Å². The number of aliphatic hydroxyl groups excluding tert-OH is 2. The zero-order valence-electron chi connectivity index (χ0n) is 9.93. The summed E-state index contributed by atoms with van der Waals surface area (Å²) in [6, 6.07) is 5.90. The molecule has 0 aromatic heterocycles. The zero-order valence-corrected chi connectivity index (χ0v) is 11.5. The molecule has 17 heavy (non-hydrogen) atoms. The largest absolute Gasteiger partial charge is 0.392 e. The van der Waals surface area contributed by atoms with Crippen LogP contribution in [0.3, 0.4) is 0 Å². The molecule has 0 spiro atoms. The maximum atomic E-state index is 9.91. The maximum absolute atomic E-state index is 9.91. The Labute approximate surface area is 110 Å². The predicted molar refractivity (Wildman–Crippen MR) is 72.1 cm³/mol. The van der Waals surface area contributed by atoms with Crippen LogP contribution in [-0.4, -0.2) is 29.4 Å². The van der Waals surface area contributed by atoms with Crippen molar-refractivity contribution in [3.8, 4) is 0 Å². The van der Waals surface area contributed by atoms with Crippen LogP contribution in [0.2, 0.25) is 0 Å². The second-order valence-electron chi connectivity index (χ2n) is 4.71. The van der Waals surface area contributed by atoms with Gasteiger partial charge in [-0.25, -0.2) is 0 Å². The van der Waals surface area contributed by atoms with E-state index in [-0.39, 0.29) is 12.7 Å². The third-order valence-corrected chi connectivity index (χ3v) is 3.96. The lowest BCUT2D eigenvalue weighted by atomic mass is 9.95. The Morgan fingerprint density at radius 1 is 1.47 bits per heavy atom. The first-order valence-corrected chi connectivity index (χ1v) is 6.73. The third-order valence-electron chi connectivity index (χ3n) is 3.47. The first-order valence-electron chi connectivity index (χ1n) is 5.94. The minimum absolute atomic E-state index is 0.0247. The number of aliphatic hydroxyl groups is 2. The number of β-amino-alcohol motifs (C(OH)–C–C–N with tert-alkyl or cyclic N) is 1. The number of benzene rings is 1. The minimum Gasteiger partial charge on any atom is -0.392 e. The molecular weight excluding hydrogens is 282 g/mol. The summed E-state index contributed by atoms with van der Waals surface area (Å²) in [6.45, 7) is 3.69. The van der Waals surface area contributed by atoms with Crippen LogP contribution in [0.25, 0.3) is 0 Å². The molecule has 0 saturated carbocycles. The summed E-state index contributed by atoms with van der Waals surface area (Å²) in [5.41, 5.74) is 1.93. The van der Waals surface area contributed by atoms with Gasteiger partial charge in [0.25, 0.3) is 0 Å². The SMILES string of the molecule is CC1CCN(c2ccc(Br)cc2CO)CC1O. The van der Waals surface area contributed by atoms with Gasteiger partial charge in [-0.2, -0.15) is 0 Å². The molecule has 1 aromatic rings. The van der Waals surface area contributed by atoms with Crippen LogP contribution >= 0.6 is 15.9 Å². The minimum atomic E-state index is -0.279. The molecule has 2 N–H and O–H groups in total. The van der Waals surface area contributed by atoms with Crippen molar-refractivity contribution in [1.29, 1.82) is 0 Å². The lowest BCUT2D eigenvalue weighted by Gasteiger charge is -2.36. The van der Waals surface area contributed by atoms with E-state index in [1.54, 1.807) is 0 Å². The topological polar surface area (TPSA) is 43.7 Å². The van der Waals surface area contributed by atoms with Gasteiger partial charge in [0.1, 0.15) is 0 Å². The van der Waals surface area contributed by atoms with Crippen LogP contribution in [0.5, 0.6) is 0 Å². The molecule has 4 heteroatoms. The highest BCUT2D eigenvalue weighted by Crippen LogP contribution is 2.28. The van der Waals surface area contributed by atoms with Gasteiger partial charge < -0.3 is 15.1 Å². The van der Waals surface area contributed by atoms with Crippen molar-refractivity contribution in [3.63, 3.8) is 0 Å². The molecule has 2 rings (SSSR count). The highest BCUT2D eigenvalue weighted by Gasteiger charge is 2.25. The molecule has 3 nitrogen and oxygen atoms in total. The fraction of sp³-hybridized carbons (Fsp3) is 0.538. The number of nitrogens with zero attached hydrogens (tertiary/aromatic N) is 1. The van der Waals surface area contributed by atoms with Crippen LogP contribution < -0.4 is 4.90 Å². The highest BCUT2D eigenvalue weighted by molar-refractivity contribution is 9.10. The zero-order chi connectivity index (χ0) is 12.4. The van der Waals surface area contributed by atoms with E-state index in [0.717, 1.165) is 28.7 Å². The summed E-state index contributed by atoms with van der Waals surface area (Å²) in [4.78, 5) is 2.16. The average Bonchev–Trinajstić information content (AvgIpc) is 2.32. The van der Waals surface area contributed by atoms with Gasteiger partial charge in [-0.15, -0.1) is 0 Å². The standard InChI is InChI=1S/C13H18BrNO2/c1-9-4-5-15(7-13(9)17)12-3-2-11(14)6-10(12)8-16/h2-3,6,9,13,16-17H,4-5,7-8H2,1H3. The van der Waals surface area contributed by atoms with Crippen LogP contribution in [0.15, 0.2) is 22.7 Å². The lowest BCUT2D eigenvalue weighted by molar-refractivity contribution is 0.103. The van der Waals surface area contributed by atoms with E-state index < -0.39 is 0 Å². The Kier molecular flexibility index (Phi) is 4.07. The Morgan fingerprint density at radius 2 is 2.24 bits per heavy atom. The number of piperidine rings is 1. The van der Waals surface area contributed by atoms with Crippen molar-refractivity contribution >= 4 is 21.6 Å². The van der Waals surface area contributed by atoms with Crippen LogP contribution in [0.1, 0.15) is 18.9 Å². The fourth-order valence-corrected chi connectivity index (χ4v) is 2.67. The van der Waals surface area contributed by atoms with Crippen LogP contribution in [0.4, 0.5) is 5.69 Å².